The van der Waals surface area contributed by atoms with E-state index >= 15 is 0 Å². The molecule has 1 saturated carbocycles. The molecule has 1 aromatic rings. The normalized spacial score (nSPS) is 27.0. The molecule has 3 nitrogen and oxygen atoms in total. The zero-order chi connectivity index (χ0) is 15.0. The minimum absolute atomic E-state index is 0.0229. The average Bonchev–Trinajstić information content (AvgIpc) is 2.38. The van der Waals surface area contributed by atoms with Crippen LogP contribution in [0.25, 0.3) is 0 Å². The number of benzene rings is 1. The van der Waals surface area contributed by atoms with E-state index in [0.717, 1.165) is 22.9 Å². The molecule has 112 valence electrons. The van der Waals surface area contributed by atoms with E-state index in [2.05, 4.69) is 15.9 Å². The van der Waals surface area contributed by atoms with E-state index in [1.807, 2.05) is 24.3 Å². The van der Waals surface area contributed by atoms with Gasteiger partial charge in [-0.15, -0.1) is 0 Å². The molecular formula is C15H21BrO3S. The lowest BCUT2D eigenvalue weighted by Gasteiger charge is -2.38. The summed E-state index contributed by atoms with van der Waals surface area (Å²) < 4.78 is 24.4. The highest BCUT2D eigenvalue weighted by Gasteiger charge is 2.39. The van der Waals surface area contributed by atoms with Gasteiger partial charge in [-0.3, -0.25) is 0 Å². The Bertz CT molecular complexity index is 581. The summed E-state index contributed by atoms with van der Waals surface area (Å²) in [5.41, 5.74) is -0.154. The highest BCUT2D eigenvalue weighted by atomic mass is 79.9. The van der Waals surface area contributed by atoms with Gasteiger partial charge < -0.3 is 5.11 Å². The van der Waals surface area contributed by atoms with Crippen LogP contribution in [0.2, 0.25) is 0 Å². The van der Waals surface area contributed by atoms with Gasteiger partial charge in [0, 0.05) is 10.7 Å². The number of rotatable bonds is 3. The Morgan fingerprint density at radius 1 is 1.35 bits per heavy atom. The van der Waals surface area contributed by atoms with E-state index in [0.29, 0.717) is 12.8 Å². The van der Waals surface area contributed by atoms with Crippen LogP contribution < -0.4 is 0 Å². The fourth-order valence-electron chi connectivity index (χ4n) is 3.08. The Morgan fingerprint density at radius 2 is 2.05 bits per heavy atom. The number of sulfone groups is 1. The van der Waals surface area contributed by atoms with E-state index < -0.39 is 15.4 Å². The van der Waals surface area contributed by atoms with Crippen molar-refractivity contribution in [2.45, 2.75) is 43.5 Å². The largest absolute Gasteiger partial charge is 0.385 e. The number of aliphatic hydroxyl groups is 1. The van der Waals surface area contributed by atoms with Gasteiger partial charge in [0.25, 0.3) is 0 Å². The van der Waals surface area contributed by atoms with Gasteiger partial charge in [-0.05, 0) is 49.8 Å². The van der Waals surface area contributed by atoms with Crippen molar-refractivity contribution in [2.24, 2.45) is 5.92 Å². The standard InChI is InChI=1S/C15H21BrO3S/c1-15(17,11-5-3-7-13(16)9-11)12-6-4-8-14(10-12)20(2,18)19/h3,5,7,9,12,14,17H,4,6,8,10H2,1-2H3. The molecule has 1 aliphatic rings. The van der Waals surface area contributed by atoms with Gasteiger partial charge in [-0.1, -0.05) is 34.5 Å². The van der Waals surface area contributed by atoms with Crippen molar-refractivity contribution < 1.29 is 13.5 Å². The summed E-state index contributed by atoms with van der Waals surface area (Å²) in [6.07, 6.45) is 4.27. The van der Waals surface area contributed by atoms with Crippen molar-refractivity contribution in [1.82, 2.24) is 0 Å². The molecule has 1 aromatic carbocycles. The summed E-state index contributed by atoms with van der Waals surface area (Å²) in [6.45, 7) is 1.80. The maximum absolute atomic E-state index is 11.8. The smallest absolute Gasteiger partial charge is 0.150 e. The lowest BCUT2D eigenvalue weighted by atomic mass is 9.74. The zero-order valence-corrected chi connectivity index (χ0v) is 14.2. The van der Waals surface area contributed by atoms with Crippen LogP contribution in [0.3, 0.4) is 0 Å². The van der Waals surface area contributed by atoms with E-state index in [1.165, 1.54) is 6.26 Å². The Hall–Kier alpha value is -0.390. The molecule has 0 aliphatic heterocycles. The number of hydrogen-bond acceptors (Lipinski definition) is 3. The van der Waals surface area contributed by atoms with Crippen molar-refractivity contribution in [3.05, 3.63) is 34.3 Å². The van der Waals surface area contributed by atoms with Crippen molar-refractivity contribution >= 4 is 25.8 Å². The molecule has 1 N–H and O–H groups in total. The Labute approximate surface area is 129 Å². The second-order valence-electron chi connectivity index (χ2n) is 5.97. The molecule has 5 heteroatoms. The molecule has 0 spiro atoms. The van der Waals surface area contributed by atoms with Crippen LogP contribution in [0.1, 0.15) is 38.2 Å². The van der Waals surface area contributed by atoms with E-state index in [-0.39, 0.29) is 11.2 Å². The van der Waals surface area contributed by atoms with E-state index in [1.54, 1.807) is 6.92 Å². The van der Waals surface area contributed by atoms with Crippen LogP contribution >= 0.6 is 15.9 Å². The van der Waals surface area contributed by atoms with Gasteiger partial charge in [0.2, 0.25) is 0 Å². The van der Waals surface area contributed by atoms with Crippen molar-refractivity contribution in [2.75, 3.05) is 6.26 Å². The van der Waals surface area contributed by atoms with E-state index in [4.69, 9.17) is 0 Å². The molecule has 0 amide bonds. The lowest BCUT2D eigenvalue weighted by Crippen LogP contribution is -2.38. The summed E-state index contributed by atoms with van der Waals surface area (Å²) in [7, 11) is -3.03. The molecule has 1 fully saturated rings. The van der Waals surface area contributed by atoms with Gasteiger partial charge in [-0.25, -0.2) is 8.42 Å². The molecule has 3 atom stereocenters. The molecule has 0 bridgehead atoms. The summed E-state index contributed by atoms with van der Waals surface area (Å²) in [4.78, 5) is 0. The van der Waals surface area contributed by atoms with Crippen LogP contribution in [0.4, 0.5) is 0 Å². The van der Waals surface area contributed by atoms with Gasteiger partial charge in [0.15, 0.2) is 0 Å². The first-order valence-corrected chi connectivity index (χ1v) is 9.63. The van der Waals surface area contributed by atoms with E-state index in [9.17, 15) is 13.5 Å². The predicted molar refractivity (Wildman–Crippen MR) is 84.3 cm³/mol. The van der Waals surface area contributed by atoms with Crippen LogP contribution in [-0.2, 0) is 15.4 Å². The number of halogens is 1. The van der Waals surface area contributed by atoms with Crippen LogP contribution in [0, 0.1) is 5.92 Å². The maximum Gasteiger partial charge on any atom is 0.150 e. The summed E-state index contributed by atoms with van der Waals surface area (Å²) in [5.74, 6) is -0.0229. The first-order chi connectivity index (χ1) is 9.21. The first kappa shape index (κ1) is 16.0. The van der Waals surface area contributed by atoms with Gasteiger partial charge in [0.1, 0.15) is 9.84 Å². The third-order valence-corrected chi connectivity index (χ3v) is 6.57. The van der Waals surface area contributed by atoms with Gasteiger partial charge >= 0.3 is 0 Å². The Kier molecular flexibility index (Phi) is 4.62. The first-order valence-electron chi connectivity index (χ1n) is 6.88. The van der Waals surface area contributed by atoms with Crippen LogP contribution in [0.15, 0.2) is 28.7 Å². The summed E-state index contributed by atoms with van der Waals surface area (Å²) in [5, 5.41) is 10.6. The molecule has 20 heavy (non-hydrogen) atoms. The molecule has 2 rings (SSSR count). The predicted octanol–water partition coefficient (Wildman–Crippen LogP) is 3.26. The monoisotopic (exact) mass is 360 g/mol. The van der Waals surface area contributed by atoms with Gasteiger partial charge in [0.05, 0.1) is 10.9 Å². The Balaban J connectivity index is 2.25. The third kappa shape index (κ3) is 3.43. The number of hydrogen-bond donors (Lipinski definition) is 1. The van der Waals surface area contributed by atoms with Crippen LogP contribution in [-0.4, -0.2) is 25.0 Å². The second-order valence-corrected chi connectivity index (χ2v) is 9.21. The van der Waals surface area contributed by atoms with Gasteiger partial charge in [-0.2, -0.15) is 0 Å². The minimum Gasteiger partial charge on any atom is -0.385 e. The third-order valence-electron chi connectivity index (χ3n) is 4.44. The zero-order valence-electron chi connectivity index (χ0n) is 11.8. The Morgan fingerprint density at radius 3 is 2.65 bits per heavy atom. The second kappa shape index (κ2) is 5.78. The summed E-state index contributed by atoms with van der Waals surface area (Å²) >= 11 is 3.42. The highest BCUT2D eigenvalue weighted by Crippen LogP contribution is 2.41. The quantitative estimate of drug-likeness (QED) is 0.899. The highest BCUT2D eigenvalue weighted by molar-refractivity contribution is 9.10. The summed E-state index contributed by atoms with van der Waals surface area (Å²) in [6, 6.07) is 7.61. The van der Waals surface area contributed by atoms with Crippen molar-refractivity contribution in [3.63, 3.8) is 0 Å². The fraction of sp³-hybridized carbons (Fsp3) is 0.600. The van der Waals surface area contributed by atoms with Crippen LogP contribution in [0.5, 0.6) is 0 Å². The SMILES string of the molecule is CC(O)(c1cccc(Br)c1)C1CCCC(S(C)(=O)=O)C1. The topological polar surface area (TPSA) is 54.4 Å². The molecule has 0 saturated heterocycles. The van der Waals surface area contributed by atoms with Crippen molar-refractivity contribution in [1.29, 1.82) is 0 Å². The van der Waals surface area contributed by atoms with Crippen molar-refractivity contribution in [3.8, 4) is 0 Å². The molecular weight excluding hydrogens is 340 g/mol. The maximum atomic E-state index is 11.8. The fourth-order valence-corrected chi connectivity index (χ4v) is 4.66. The molecule has 3 unspecified atom stereocenters. The molecule has 0 heterocycles. The minimum atomic E-state index is -3.03. The average molecular weight is 361 g/mol. The molecule has 0 aromatic heterocycles. The lowest BCUT2D eigenvalue weighted by molar-refractivity contribution is -0.0208. The molecule has 0 radical (unpaired) electrons. The molecule has 1 aliphatic carbocycles.